The van der Waals surface area contributed by atoms with Crippen LogP contribution in [0.3, 0.4) is 0 Å². The fourth-order valence-electron chi connectivity index (χ4n) is 1.95. The van der Waals surface area contributed by atoms with Crippen LogP contribution in [0.25, 0.3) is 0 Å². The summed E-state index contributed by atoms with van der Waals surface area (Å²) in [6.07, 6.45) is 0.807. The van der Waals surface area contributed by atoms with Gasteiger partial charge < -0.3 is 0 Å². The molecule has 0 heterocycles. The second-order valence-corrected chi connectivity index (χ2v) is 4.70. The van der Waals surface area contributed by atoms with Crippen LogP contribution in [-0.2, 0) is 0 Å². The first-order valence-electron chi connectivity index (χ1n) is 6.60. The number of non-ortho nitro benzene ring substituents is 2. The van der Waals surface area contributed by atoms with E-state index < -0.39 is 42.3 Å². The molecule has 132 valence electrons. The molecule has 0 saturated heterocycles. The van der Waals surface area contributed by atoms with Gasteiger partial charge in [-0.1, -0.05) is 0 Å². The van der Waals surface area contributed by atoms with Crippen LogP contribution in [0.2, 0.25) is 0 Å². The van der Waals surface area contributed by atoms with Gasteiger partial charge in [-0.3, -0.25) is 45.4 Å². The van der Waals surface area contributed by atoms with Gasteiger partial charge in [-0.05, 0) is 12.1 Å². The summed E-state index contributed by atoms with van der Waals surface area (Å²) in [7, 11) is 0. The van der Waals surface area contributed by atoms with Gasteiger partial charge in [-0.2, -0.15) is 0 Å². The van der Waals surface area contributed by atoms with E-state index in [-0.39, 0.29) is 11.4 Å². The number of nitro benzene ring substituents is 4. The molecule has 13 nitrogen and oxygen atoms in total. The topological polar surface area (TPSA) is 185 Å². The minimum atomic E-state index is -1.00. The first-order valence-corrected chi connectivity index (χ1v) is 6.60. The van der Waals surface area contributed by atoms with Crippen molar-refractivity contribution < 1.29 is 19.7 Å². The van der Waals surface area contributed by atoms with Gasteiger partial charge in [-0.25, -0.2) is 0 Å². The maximum absolute atomic E-state index is 11.1. The third-order valence-corrected chi connectivity index (χ3v) is 3.13. The Kier molecular flexibility index (Phi) is 4.92. The maximum atomic E-state index is 11.1. The minimum absolute atomic E-state index is 0.137. The molecule has 0 radical (unpaired) electrons. The Hall–Kier alpha value is -4.29. The van der Waals surface area contributed by atoms with Gasteiger partial charge in [0.2, 0.25) is 0 Å². The van der Waals surface area contributed by atoms with E-state index in [2.05, 4.69) is 4.99 Å². The zero-order valence-electron chi connectivity index (χ0n) is 12.5. The molecule has 13 heteroatoms. The highest BCUT2D eigenvalue weighted by atomic mass is 16.6. The van der Waals surface area contributed by atoms with Crippen LogP contribution in [0, 0.1) is 40.5 Å². The summed E-state index contributed by atoms with van der Waals surface area (Å²) < 4.78 is 0. The first-order chi connectivity index (χ1) is 12.2. The first kappa shape index (κ1) is 18.1. The number of benzene rings is 2. The van der Waals surface area contributed by atoms with Gasteiger partial charge in [0.05, 0.1) is 37.5 Å². The standard InChI is InChI=1S/C13H7N5O8/c19-15(20)9-3-1-8(2-4-9)14-7-11-12(17(23)24)5-10(16(21)22)6-13(11)18(25)26/h1-7H. The Labute approximate surface area is 142 Å². The molecule has 0 amide bonds. The molecule has 0 N–H and O–H groups in total. The number of nitrogens with zero attached hydrogens (tertiary/aromatic N) is 5. The predicted octanol–water partition coefficient (Wildman–Crippen LogP) is 3.07. The Morgan fingerprint density at radius 3 is 1.54 bits per heavy atom. The summed E-state index contributed by atoms with van der Waals surface area (Å²) in [5.74, 6) is 0. The van der Waals surface area contributed by atoms with E-state index in [4.69, 9.17) is 0 Å². The fourth-order valence-corrected chi connectivity index (χ4v) is 1.95. The van der Waals surface area contributed by atoms with Crippen molar-refractivity contribution in [3.63, 3.8) is 0 Å². The van der Waals surface area contributed by atoms with Crippen molar-refractivity contribution in [3.05, 3.63) is 82.4 Å². The summed E-state index contributed by atoms with van der Waals surface area (Å²) in [6.45, 7) is 0. The van der Waals surface area contributed by atoms with Crippen LogP contribution >= 0.6 is 0 Å². The zero-order chi connectivity index (χ0) is 19.4. The molecule has 2 aromatic rings. The van der Waals surface area contributed by atoms with Crippen molar-refractivity contribution in [2.45, 2.75) is 0 Å². The van der Waals surface area contributed by atoms with E-state index in [0.717, 1.165) is 18.3 Å². The highest BCUT2D eigenvalue weighted by Crippen LogP contribution is 2.33. The quantitative estimate of drug-likeness (QED) is 0.426. The molecule has 0 aliphatic carbocycles. The van der Waals surface area contributed by atoms with Gasteiger partial charge in [0, 0.05) is 18.3 Å². The van der Waals surface area contributed by atoms with E-state index >= 15 is 0 Å². The summed E-state index contributed by atoms with van der Waals surface area (Å²) in [5, 5.41) is 43.6. The molecule has 0 fully saturated rings. The highest BCUT2D eigenvalue weighted by molar-refractivity contribution is 5.93. The van der Waals surface area contributed by atoms with Gasteiger partial charge >= 0.3 is 0 Å². The number of rotatable bonds is 6. The lowest BCUT2D eigenvalue weighted by Gasteiger charge is -2.00. The van der Waals surface area contributed by atoms with Crippen molar-refractivity contribution in [2.75, 3.05) is 0 Å². The van der Waals surface area contributed by atoms with Crippen LogP contribution in [0.4, 0.5) is 28.4 Å². The molecule has 2 aromatic carbocycles. The number of hydrogen-bond acceptors (Lipinski definition) is 9. The molecular formula is C13H7N5O8. The number of aliphatic imine (C=N–C) groups is 1. The second kappa shape index (κ2) is 7.08. The average molecular weight is 361 g/mol. The number of nitro groups is 4. The Balaban J connectivity index is 2.56. The van der Waals surface area contributed by atoms with Crippen LogP contribution in [0.5, 0.6) is 0 Å². The maximum Gasteiger partial charge on any atom is 0.291 e. The molecule has 0 saturated carbocycles. The number of hydrogen-bond donors (Lipinski definition) is 0. The third-order valence-electron chi connectivity index (χ3n) is 3.13. The Bertz CT molecular complexity index is 919. The van der Waals surface area contributed by atoms with Crippen molar-refractivity contribution in [1.82, 2.24) is 0 Å². The van der Waals surface area contributed by atoms with Gasteiger partial charge in [0.15, 0.2) is 0 Å². The van der Waals surface area contributed by atoms with Gasteiger partial charge in [0.25, 0.3) is 22.7 Å². The molecule has 0 spiro atoms. The lowest BCUT2D eigenvalue weighted by Crippen LogP contribution is -2.02. The summed E-state index contributed by atoms with van der Waals surface area (Å²) in [5.41, 5.74) is -3.15. The molecular weight excluding hydrogens is 354 g/mol. The lowest BCUT2D eigenvalue weighted by molar-refractivity contribution is -0.403. The van der Waals surface area contributed by atoms with Crippen LogP contribution < -0.4 is 0 Å². The minimum Gasteiger partial charge on any atom is -0.258 e. The summed E-state index contributed by atoms with van der Waals surface area (Å²) >= 11 is 0. The molecule has 26 heavy (non-hydrogen) atoms. The molecule has 0 bridgehead atoms. The van der Waals surface area contributed by atoms with Crippen molar-refractivity contribution in [1.29, 1.82) is 0 Å². The largest absolute Gasteiger partial charge is 0.291 e. The van der Waals surface area contributed by atoms with Crippen LogP contribution in [-0.4, -0.2) is 25.9 Å². The molecule has 0 aromatic heterocycles. The summed E-state index contributed by atoms with van der Waals surface area (Å²) in [6, 6.07) is 5.90. The monoisotopic (exact) mass is 361 g/mol. The Morgan fingerprint density at radius 1 is 0.692 bits per heavy atom. The normalized spacial score (nSPS) is 10.6. The van der Waals surface area contributed by atoms with Gasteiger partial charge in [0.1, 0.15) is 5.56 Å². The molecule has 0 aliphatic rings. The SMILES string of the molecule is O=[N+]([O-])c1ccc(N=Cc2c([N+](=O)[O-])cc([N+](=O)[O-])cc2[N+](=O)[O-])cc1. The van der Waals surface area contributed by atoms with E-state index in [1.807, 2.05) is 0 Å². The van der Waals surface area contributed by atoms with E-state index in [1.165, 1.54) is 12.1 Å². The second-order valence-electron chi connectivity index (χ2n) is 4.70. The van der Waals surface area contributed by atoms with Crippen molar-refractivity contribution in [2.24, 2.45) is 4.99 Å². The van der Waals surface area contributed by atoms with Crippen LogP contribution in [0.1, 0.15) is 5.56 Å². The van der Waals surface area contributed by atoms with Crippen molar-refractivity contribution in [3.8, 4) is 0 Å². The lowest BCUT2D eigenvalue weighted by atomic mass is 10.1. The highest BCUT2D eigenvalue weighted by Gasteiger charge is 2.29. The zero-order valence-corrected chi connectivity index (χ0v) is 12.5. The van der Waals surface area contributed by atoms with E-state index in [9.17, 15) is 40.5 Å². The molecule has 0 atom stereocenters. The predicted molar refractivity (Wildman–Crippen MR) is 86.8 cm³/mol. The molecule has 0 aliphatic heterocycles. The Morgan fingerprint density at radius 2 is 1.15 bits per heavy atom. The average Bonchev–Trinajstić information content (AvgIpc) is 2.59. The van der Waals surface area contributed by atoms with Gasteiger partial charge in [-0.15, -0.1) is 0 Å². The third kappa shape index (κ3) is 3.78. The van der Waals surface area contributed by atoms with Crippen molar-refractivity contribution >= 4 is 34.7 Å². The molecule has 0 unspecified atom stereocenters. The smallest absolute Gasteiger partial charge is 0.258 e. The summed E-state index contributed by atoms with van der Waals surface area (Å²) in [4.78, 5) is 43.8. The fraction of sp³-hybridized carbons (Fsp3) is 0. The van der Waals surface area contributed by atoms with Crippen LogP contribution in [0.15, 0.2) is 41.4 Å². The van der Waals surface area contributed by atoms with E-state index in [0.29, 0.717) is 12.1 Å². The van der Waals surface area contributed by atoms with E-state index in [1.54, 1.807) is 0 Å². The molecule has 2 rings (SSSR count).